The first-order valence-electron chi connectivity index (χ1n) is 5.21. The van der Waals surface area contributed by atoms with E-state index in [1.54, 1.807) is 6.07 Å². The summed E-state index contributed by atoms with van der Waals surface area (Å²) in [4.78, 5) is 12.5. The quantitative estimate of drug-likeness (QED) is 0.749. The maximum atomic E-state index is 13.0. The second kappa shape index (κ2) is 4.49. The molecule has 0 bridgehead atoms. The Hall–Kier alpha value is -1.62. The fourth-order valence-corrected chi connectivity index (χ4v) is 1.97. The average molecular weight is 223 g/mol. The minimum absolute atomic E-state index is 0.147. The summed E-state index contributed by atoms with van der Waals surface area (Å²) >= 11 is 0. The van der Waals surface area contributed by atoms with E-state index in [1.165, 1.54) is 12.1 Å². The van der Waals surface area contributed by atoms with Gasteiger partial charge in [-0.1, -0.05) is 0 Å². The molecule has 0 spiro atoms. The van der Waals surface area contributed by atoms with Crippen molar-refractivity contribution in [2.24, 2.45) is 5.73 Å². The van der Waals surface area contributed by atoms with E-state index in [0.29, 0.717) is 12.1 Å². The molecule has 4 nitrogen and oxygen atoms in total. The fraction of sp³-hybridized carbons (Fsp3) is 0.364. The molecule has 0 aliphatic carbocycles. The highest BCUT2D eigenvalue weighted by Gasteiger charge is 2.21. The summed E-state index contributed by atoms with van der Waals surface area (Å²) in [5, 5.41) is 2.51. The summed E-state index contributed by atoms with van der Waals surface area (Å²) in [6.07, 6.45) is 1.46. The number of amides is 1. The molecule has 1 aromatic rings. The van der Waals surface area contributed by atoms with Crippen molar-refractivity contribution in [3.8, 4) is 0 Å². The molecule has 1 aromatic carbocycles. The molecule has 2 rings (SSSR count). The third-order valence-corrected chi connectivity index (χ3v) is 2.74. The van der Waals surface area contributed by atoms with Crippen molar-refractivity contribution in [1.82, 2.24) is 0 Å². The molecule has 1 heterocycles. The number of anilines is 2. The molecule has 1 unspecified atom stereocenters. The molecule has 0 radical (unpaired) electrons. The molecule has 86 valence electrons. The molecule has 16 heavy (non-hydrogen) atoms. The van der Waals surface area contributed by atoms with Gasteiger partial charge in [-0.3, -0.25) is 4.79 Å². The van der Waals surface area contributed by atoms with E-state index in [2.05, 4.69) is 10.2 Å². The molecule has 0 saturated carbocycles. The van der Waals surface area contributed by atoms with Crippen LogP contribution in [0.5, 0.6) is 0 Å². The summed E-state index contributed by atoms with van der Waals surface area (Å²) < 4.78 is 13.0. The lowest BCUT2D eigenvalue weighted by Crippen LogP contribution is -2.26. The maximum absolute atomic E-state index is 13.0. The van der Waals surface area contributed by atoms with E-state index in [-0.39, 0.29) is 11.9 Å². The second-order valence-electron chi connectivity index (χ2n) is 3.92. The SMILES string of the molecule is NC1CCN(c2ccc(F)cc2NC=O)C1. The number of hydrogen-bond acceptors (Lipinski definition) is 3. The van der Waals surface area contributed by atoms with Gasteiger partial charge in [-0.05, 0) is 24.6 Å². The molecule has 0 aromatic heterocycles. The van der Waals surface area contributed by atoms with Crippen molar-refractivity contribution >= 4 is 17.8 Å². The fourth-order valence-electron chi connectivity index (χ4n) is 1.97. The summed E-state index contributed by atoms with van der Waals surface area (Å²) in [5.74, 6) is -0.364. The highest BCUT2D eigenvalue weighted by molar-refractivity contribution is 5.81. The molecular weight excluding hydrogens is 209 g/mol. The number of halogens is 1. The van der Waals surface area contributed by atoms with Gasteiger partial charge < -0.3 is 16.0 Å². The zero-order chi connectivity index (χ0) is 11.5. The van der Waals surface area contributed by atoms with Crippen molar-refractivity contribution < 1.29 is 9.18 Å². The van der Waals surface area contributed by atoms with E-state index in [9.17, 15) is 9.18 Å². The first-order chi connectivity index (χ1) is 7.70. The number of benzene rings is 1. The Kier molecular flexibility index (Phi) is 3.05. The first kappa shape index (κ1) is 10.9. The first-order valence-corrected chi connectivity index (χ1v) is 5.21. The van der Waals surface area contributed by atoms with Gasteiger partial charge in [0.1, 0.15) is 5.82 Å². The van der Waals surface area contributed by atoms with E-state index in [1.807, 2.05) is 0 Å². The molecule has 1 aliphatic rings. The van der Waals surface area contributed by atoms with Crippen molar-refractivity contribution in [2.75, 3.05) is 23.3 Å². The highest BCUT2D eigenvalue weighted by atomic mass is 19.1. The Morgan fingerprint density at radius 1 is 1.56 bits per heavy atom. The Morgan fingerprint density at radius 2 is 2.38 bits per heavy atom. The topological polar surface area (TPSA) is 58.4 Å². The third kappa shape index (κ3) is 2.14. The normalized spacial score (nSPS) is 19.9. The summed E-state index contributed by atoms with van der Waals surface area (Å²) in [6, 6.07) is 4.51. The van der Waals surface area contributed by atoms with Gasteiger partial charge in [0.2, 0.25) is 6.41 Å². The van der Waals surface area contributed by atoms with Gasteiger partial charge in [0.15, 0.2) is 0 Å². The summed E-state index contributed by atoms with van der Waals surface area (Å²) in [6.45, 7) is 1.57. The van der Waals surface area contributed by atoms with Crippen molar-refractivity contribution in [2.45, 2.75) is 12.5 Å². The monoisotopic (exact) mass is 223 g/mol. The van der Waals surface area contributed by atoms with Gasteiger partial charge in [-0.15, -0.1) is 0 Å². The average Bonchev–Trinajstić information content (AvgIpc) is 2.65. The van der Waals surface area contributed by atoms with Crippen LogP contribution in [-0.4, -0.2) is 25.5 Å². The van der Waals surface area contributed by atoms with Crippen LogP contribution >= 0.6 is 0 Å². The zero-order valence-electron chi connectivity index (χ0n) is 8.82. The molecule has 1 atom stereocenters. The molecule has 1 fully saturated rings. The highest BCUT2D eigenvalue weighted by Crippen LogP contribution is 2.28. The summed E-state index contributed by atoms with van der Waals surface area (Å²) in [7, 11) is 0. The Morgan fingerprint density at radius 3 is 3.00 bits per heavy atom. The van der Waals surface area contributed by atoms with Crippen LogP contribution in [0.25, 0.3) is 0 Å². The van der Waals surface area contributed by atoms with Crippen LogP contribution < -0.4 is 16.0 Å². The van der Waals surface area contributed by atoms with Crippen LogP contribution in [0.2, 0.25) is 0 Å². The standard InChI is InChI=1S/C11H14FN3O/c12-8-1-2-11(10(5-8)14-7-16)15-4-3-9(13)6-15/h1-2,5,7,9H,3-4,6,13H2,(H,14,16). The smallest absolute Gasteiger partial charge is 0.211 e. The number of carbonyl (C=O) groups excluding carboxylic acids is 1. The molecule has 1 saturated heterocycles. The van der Waals surface area contributed by atoms with Crippen molar-refractivity contribution in [1.29, 1.82) is 0 Å². The maximum Gasteiger partial charge on any atom is 0.211 e. The van der Waals surface area contributed by atoms with Crippen LogP contribution in [0.15, 0.2) is 18.2 Å². The number of rotatable bonds is 3. The Labute approximate surface area is 93.2 Å². The van der Waals surface area contributed by atoms with Crippen LogP contribution in [0.4, 0.5) is 15.8 Å². The lowest BCUT2D eigenvalue weighted by Gasteiger charge is -2.21. The van der Waals surface area contributed by atoms with E-state index in [4.69, 9.17) is 5.73 Å². The van der Waals surface area contributed by atoms with Gasteiger partial charge in [0, 0.05) is 19.1 Å². The van der Waals surface area contributed by atoms with Crippen molar-refractivity contribution in [3.63, 3.8) is 0 Å². The minimum Gasteiger partial charge on any atom is -0.368 e. The number of nitrogens with zero attached hydrogens (tertiary/aromatic N) is 1. The second-order valence-corrected chi connectivity index (χ2v) is 3.92. The molecule has 3 N–H and O–H groups in total. The van der Waals surface area contributed by atoms with Crippen LogP contribution in [-0.2, 0) is 4.79 Å². The lowest BCUT2D eigenvalue weighted by atomic mass is 10.2. The van der Waals surface area contributed by atoms with E-state index in [0.717, 1.165) is 25.2 Å². The summed E-state index contributed by atoms with van der Waals surface area (Å²) in [5.41, 5.74) is 7.12. The van der Waals surface area contributed by atoms with Crippen LogP contribution in [0, 0.1) is 5.82 Å². The lowest BCUT2D eigenvalue weighted by molar-refractivity contribution is -0.105. The number of nitrogens with one attached hydrogen (secondary N) is 1. The van der Waals surface area contributed by atoms with Crippen LogP contribution in [0.3, 0.4) is 0 Å². The van der Waals surface area contributed by atoms with Crippen LogP contribution in [0.1, 0.15) is 6.42 Å². The van der Waals surface area contributed by atoms with Gasteiger partial charge in [0.25, 0.3) is 0 Å². The number of hydrogen-bond donors (Lipinski definition) is 2. The molecule has 1 amide bonds. The van der Waals surface area contributed by atoms with Gasteiger partial charge in [0.05, 0.1) is 11.4 Å². The van der Waals surface area contributed by atoms with E-state index < -0.39 is 0 Å². The zero-order valence-corrected chi connectivity index (χ0v) is 8.82. The minimum atomic E-state index is -0.364. The molecular formula is C11H14FN3O. The number of nitrogens with two attached hydrogens (primary N) is 1. The van der Waals surface area contributed by atoms with E-state index >= 15 is 0 Å². The Balaban J connectivity index is 2.28. The predicted octanol–water partition coefficient (Wildman–Crippen LogP) is 0.931. The van der Waals surface area contributed by atoms with Gasteiger partial charge >= 0.3 is 0 Å². The Bertz CT molecular complexity index is 397. The predicted molar refractivity (Wildman–Crippen MR) is 60.9 cm³/mol. The number of carbonyl (C=O) groups is 1. The largest absolute Gasteiger partial charge is 0.368 e. The molecule has 1 aliphatic heterocycles. The third-order valence-electron chi connectivity index (χ3n) is 2.74. The van der Waals surface area contributed by atoms with Crippen molar-refractivity contribution in [3.05, 3.63) is 24.0 Å². The van der Waals surface area contributed by atoms with Gasteiger partial charge in [-0.25, -0.2) is 4.39 Å². The molecule has 5 heteroatoms. The van der Waals surface area contributed by atoms with Gasteiger partial charge in [-0.2, -0.15) is 0 Å².